The van der Waals surface area contributed by atoms with Crippen LogP contribution in [0.1, 0.15) is 12.8 Å². The molecular formula is C8H17NO2. The predicted octanol–water partition coefficient (Wildman–Crippen LogP) is -0.00670. The van der Waals surface area contributed by atoms with Crippen LogP contribution in [0, 0.1) is 5.92 Å². The Balaban J connectivity index is 1.92. The van der Waals surface area contributed by atoms with Crippen LogP contribution in [0.2, 0.25) is 0 Å². The summed E-state index contributed by atoms with van der Waals surface area (Å²) < 4.78 is 5.33. The second-order valence-corrected chi connectivity index (χ2v) is 3.11. The topological polar surface area (TPSA) is 41.5 Å². The average Bonchev–Trinajstić information content (AvgIpc) is 1.94. The van der Waals surface area contributed by atoms with Crippen LogP contribution in [0.4, 0.5) is 0 Å². The first-order valence-corrected chi connectivity index (χ1v) is 4.24. The molecule has 0 aromatic heterocycles. The van der Waals surface area contributed by atoms with E-state index < -0.39 is 0 Å². The maximum absolute atomic E-state index is 8.47. The molecule has 0 aliphatic heterocycles. The summed E-state index contributed by atoms with van der Waals surface area (Å²) >= 11 is 0. The molecule has 11 heavy (non-hydrogen) atoms. The van der Waals surface area contributed by atoms with E-state index in [9.17, 15) is 0 Å². The summed E-state index contributed by atoms with van der Waals surface area (Å²) in [4.78, 5) is 0. The van der Waals surface area contributed by atoms with E-state index in [1.54, 1.807) is 0 Å². The first kappa shape index (κ1) is 8.97. The molecule has 0 radical (unpaired) electrons. The fraction of sp³-hybridized carbons (Fsp3) is 1.00. The fourth-order valence-corrected chi connectivity index (χ4v) is 1.49. The lowest BCUT2D eigenvalue weighted by atomic mass is 9.82. The van der Waals surface area contributed by atoms with Crippen molar-refractivity contribution >= 4 is 0 Å². The van der Waals surface area contributed by atoms with E-state index in [1.807, 2.05) is 7.05 Å². The molecule has 0 saturated heterocycles. The highest BCUT2D eigenvalue weighted by atomic mass is 16.5. The molecule has 0 spiro atoms. The molecular weight excluding hydrogens is 142 g/mol. The standard InChI is InChI=1S/C8H17NO2/c1-9-6-7-4-8(5-7)11-3-2-10/h7-10H,2-6H2,1H3. The van der Waals surface area contributed by atoms with Crippen molar-refractivity contribution in [3.8, 4) is 0 Å². The van der Waals surface area contributed by atoms with Crippen LogP contribution in [0.3, 0.4) is 0 Å². The van der Waals surface area contributed by atoms with Gasteiger partial charge in [0.15, 0.2) is 0 Å². The van der Waals surface area contributed by atoms with Gasteiger partial charge in [-0.05, 0) is 32.4 Å². The zero-order valence-corrected chi connectivity index (χ0v) is 7.05. The summed E-state index contributed by atoms with van der Waals surface area (Å²) in [5.74, 6) is 0.795. The molecule has 1 fully saturated rings. The molecule has 2 N–H and O–H groups in total. The van der Waals surface area contributed by atoms with Gasteiger partial charge in [-0.2, -0.15) is 0 Å². The van der Waals surface area contributed by atoms with Crippen molar-refractivity contribution in [2.75, 3.05) is 26.8 Å². The Bertz CT molecular complexity index is 102. The Labute approximate surface area is 67.7 Å². The monoisotopic (exact) mass is 159 g/mol. The second kappa shape index (κ2) is 4.70. The number of aliphatic hydroxyl groups excluding tert-OH is 1. The van der Waals surface area contributed by atoms with Gasteiger partial charge in [0.1, 0.15) is 0 Å². The number of aliphatic hydroxyl groups is 1. The highest BCUT2D eigenvalue weighted by Gasteiger charge is 2.28. The number of nitrogens with one attached hydrogen (secondary N) is 1. The number of hydrogen-bond donors (Lipinski definition) is 2. The molecule has 3 nitrogen and oxygen atoms in total. The maximum Gasteiger partial charge on any atom is 0.0701 e. The van der Waals surface area contributed by atoms with Gasteiger partial charge in [-0.3, -0.25) is 0 Å². The van der Waals surface area contributed by atoms with Gasteiger partial charge in [0, 0.05) is 0 Å². The van der Waals surface area contributed by atoms with Gasteiger partial charge in [0.2, 0.25) is 0 Å². The van der Waals surface area contributed by atoms with Crippen molar-refractivity contribution < 1.29 is 9.84 Å². The molecule has 3 heteroatoms. The average molecular weight is 159 g/mol. The van der Waals surface area contributed by atoms with E-state index in [2.05, 4.69) is 5.32 Å². The third-order valence-electron chi connectivity index (χ3n) is 2.13. The minimum absolute atomic E-state index is 0.146. The van der Waals surface area contributed by atoms with Crippen LogP contribution in [-0.4, -0.2) is 38.0 Å². The molecule has 1 aliphatic carbocycles. The molecule has 0 heterocycles. The molecule has 1 aliphatic rings. The summed E-state index contributed by atoms with van der Waals surface area (Å²) in [6.07, 6.45) is 2.72. The van der Waals surface area contributed by atoms with E-state index in [0.717, 1.165) is 25.3 Å². The number of hydrogen-bond acceptors (Lipinski definition) is 3. The quantitative estimate of drug-likeness (QED) is 0.593. The lowest BCUT2D eigenvalue weighted by Crippen LogP contribution is -2.37. The largest absolute Gasteiger partial charge is 0.394 e. The SMILES string of the molecule is CNCC1CC(OCCO)C1. The molecule has 0 aromatic rings. The molecule has 0 bridgehead atoms. The molecule has 1 rings (SSSR count). The summed E-state index contributed by atoms with van der Waals surface area (Å²) in [7, 11) is 1.97. The van der Waals surface area contributed by atoms with Gasteiger partial charge in [-0.1, -0.05) is 0 Å². The van der Waals surface area contributed by atoms with Crippen molar-refractivity contribution in [3.63, 3.8) is 0 Å². The van der Waals surface area contributed by atoms with Gasteiger partial charge in [-0.25, -0.2) is 0 Å². The van der Waals surface area contributed by atoms with Gasteiger partial charge in [-0.15, -0.1) is 0 Å². The Morgan fingerprint density at radius 1 is 1.55 bits per heavy atom. The van der Waals surface area contributed by atoms with Gasteiger partial charge >= 0.3 is 0 Å². The van der Waals surface area contributed by atoms with Crippen LogP contribution < -0.4 is 5.32 Å². The van der Waals surface area contributed by atoms with Crippen LogP contribution in [0.15, 0.2) is 0 Å². The van der Waals surface area contributed by atoms with Crippen molar-refractivity contribution in [2.24, 2.45) is 5.92 Å². The van der Waals surface area contributed by atoms with E-state index in [0.29, 0.717) is 12.7 Å². The summed E-state index contributed by atoms with van der Waals surface area (Å²) in [5, 5.41) is 11.6. The number of ether oxygens (including phenoxy) is 1. The maximum atomic E-state index is 8.47. The summed E-state index contributed by atoms with van der Waals surface area (Å²) in [5.41, 5.74) is 0. The van der Waals surface area contributed by atoms with E-state index in [-0.39, 0.29) is 6.61 Å². The molecule has 0 atom stereocenters. The molecule has 0 unspecified atom stereocenters. The molecule has 1 saturated carbocycles. The zero-order chi connectivity index (χ0) is 8.10. The second-order valence-electron chi connectivity index (χ2n) is 3.11. The normalized spacial score (nSPS) is 30.0. The Morgan fingerprint density at radius 3 is 2.82 bits per heavy atom. The minimum Gasteiger partial charge on any atom is -0.394 e. The zero-order valence-electron chi connectivity index (χ0n) is 7.05. The number of rotatable bonds is 5. The first-order valence-electron chi connectivity index (χ1n) is 4.24. The van der Waals surface area contributed by atoms with Gasteiger partial charge in [0.25, 0.3) is 0 Å². The lowest BCUT2D eigenvalue weighted by Gasteiger charge is -2.34. The predicted molar refractivity (Wildman–Crippen MR) is 43.5 cm³/mol. The summed E-state index contributed by atoms with van der Waals surface area (Å²) in [6.45, 7) is 1.74. The van der Waals surface area contributed by atoms with Gasteiger partial charge < -0.3 is 15.2 Å². The molecule has 66 valence electrons. The lowest BCUT2D eigenvalue weighted by molar-refractivity contribution is -0.0414. The minimum atomic E-state index is 0.146. The van der Waals surface area contributed by atoms with Crippen LogP contribution in [-0.2, 0) is 4.74 Å². The van der Waals surface area contributed by atoms with Crippen molar-refractivity contribution in [1.82, 2.24) is 5.32 Å². The third-order valence-corrected chi connectivity index (χ3v) is 2.13. The van der Waals surface area contributed by atoms with Gasteiger partial charge in [0.05, 0.1) is 19.3 Å². The van der Waals surface area contributed by atoms with Crippen LogP contribution >= 0.6 is 0 Å². The molecule has 0 aromatic carbocycles. The van der Waals surface area contributed by atoms with E-state index in [4.69, 9.17) is 9.84 Å². The Hall–Kier alpha value is -0.120. The van der Waals surface area contributed by atoms with Crippen LogP contribution in [0.5, 0.6) is 0 Å². The van der Waals surface area contributed by atoms with E-state index >= 15 is 0 Å². The Kier molecular flexibility index (Phi) is 3.83. The van der Waals surface area contributed by atoms with Crippen molar-refractivity contribution in [1.29, 1.82) is 0 Å². The highest BCUT2D eigenvalue weighted by Crippen LogP contribution is 2.28. The third kappa shape index (κ3) is 2.77. The first-order chi connectivity index (χ1) is 5.36. The van der Waals surface area contributed by atoms with Crippen LogP contribution in [0.25, 0.3) is 0 Å². The Morgan fingerprint density at radius 2 is 2.27 bits per heavy atom. The highest BCUT2D eigenvalue weighted by molar-refractivity contribution is 4.81. The summed E-state index contributed by atoms with van der Waals surface area (Å²) in [6, 6.07) is 0. The fourth-order valence-electron chi connectivity index (χ4n) is 1.49. The van der Waals surface area contributed by atoms with E-state index in [1.165, 1.54) is 0 Å². The van der Waals surface area contributed by atoms with Crippen molar-refractivity contribution in [3.05, 3.63) is 0 Å². The smallest absolute Gasteiger partial charge is 0.0701 e. The van der Waals surface area contributed by atoms with Crippen molar-refractivity contribution in [2.45, 2.75) is 18.9 Å². The molecule has 0 amide bonds.